The molecule has 116 valence electrons. The van der Waals surface area contributed by atoms with Crippen molar-refractivity contribution in [2.75, 3.05) is 6.54 Å². The molecule has 3 nitrogen and oxygen atoms in total. The number of nitrogens with one attached hydrogen (secondary N) is 1. The molecule has 0 bridgehead atoms. The van der Waals surface area contributed by atoms with Gasteiger partial charge in [0.2, 0.25) is 5.91 Å². The van der Waals surface area contributed by atoms with Gasteiger partial charge in [0.15, 0.2) is 5.60 Å². The molecule has 1 saturated carbocycles. The van der Waals surface area contributed by atoms with E-state index in [1.54, 1.807) is 18.2 Å². The van der Waals surface area contributed by atoms with Crippen molar-refractivity contribution < 1.29 is 27.5 Å². The maximum Gasteiger partial charge on any atom is 0.418 e. The Labute approximate surface area is 119 Å². The van der Waals surface area contributed by atoms with E-state index in [0.29, 0.717) is 12.5 Å². The van der Waals surface area contributed by atoms with Crippen LogP contribution in [0.4, 0.5) is 17.6 Å². The molecule has 0 spiro atoms. The second kappa shape index (κ2) is 4.98. The number of amides is 1. The lowest BCUT2D eigenvalue weighted by Crippen LogP contribution is -2.51. The number of hydrogen-bond donors (Lipinski definition) is 2. The zero-order valence-electron chi connectivity index (χ0n) is 11.2. The number of carbonyl (C=O) groups is 1. The van der Waals surface area contributed by atoms with Crippen LogP contribution in [0.25, 0.3) is 0 Å². The van der Waals surface area contributed by atoms with Gasteiger partial charge in [-0.3, -0.25) is 4.79 Å². The molecule has 0 radical (unpaired) electrons. The summed E-state index contributed by atoms with van der Waals surface area (Å²) in [5, 5.41) is 11.2. The summed E-state index contributed by atoms with van der Waals surface area (Å²) >= 11 is 0. The van der Waals surface area contributed by atoms with Crippen molar-refractivity contribution in [3.8, 4) is 0 Å². The quantitative estimate of drug-likeness (QED) is 0.839. The Morgan fingerprint density at radius 2 is 1.95 bits per heavy atom. The normalized spacial score (nSPS) is 27.8. The molecular weight excluding hydrogens is 290 g/mol. The molecular formula is C14H15F4NO2. The van der Waals surface area contributed by atoms with E-state index >= 15 is 0 Å². The van der Waals surface area contributed by atoms with Crippen molar-refractivity contribution in [2.45, 2.75) is 30.8 Å². The van der Waals surface area contributed by atoms with Crippen LogP contribution in [0.1, 0.15) is 18.9 Å². The van der Waals surface area contributed by atoms with Gasteiger partial charge in [-0.2, -0.15) is 13.2 Å². The summed E-state index contributed by atoms with van der Waals surface area (Å²) < 4.78 is 51.8. The van der Waals surface area contributed by atoms with E-state index in [9.17, 15) is 27.5 Å². The molecule has 0 heterocycles. The van der Waals surface area contributed by atoms with Crippen molar-refractivity contribution in [1.82, 2.24) is 5.32 Å². The fourth-order valence-corrected chi connectivity index (χ4v) is 2.06. The molecule has 1 aliphatic carbocycles. The fraction of sp³-hybridized carbons (Fsp3) is 0.500. The lowest BCUT2D eigenvalue weighted by atomic mass is 10.1. The van der Waals surface area contributed by atoms with Crippen LogP contribution in [0.5, 0.6) is 0 Å². The summed E-state index contributed by atoms with van der Waals surface area (Å²) in [5.41, 5.74) is -4.55. The zero-order chi connectivity index (χ0) is 15.9. The molecule has 2 rings (SSSR count). The Kier molecular flexibility index (Phi) is 3.73. The Hall–Kier alpha value is -1.63. The van der Waals surface area contributed by atoms with Crippen LogP contribution >= 0.6 is 0 Å². The van der Waals surface area contributed by atoms with Gasteiger partial charge in [-0.05, 0) is 12.5 Å². The Morgan fingerprint density at radius 3 is 2.48 bits per heavy atom. The SMILES string of the molecule is C[C@](O)(CNC(=O)[C@H]1C[C@@]1(F)c1ccccc1)C(F)(F)F. The van der Waals surface area contributed by atoms with E-state index in [1.807, 2.05) is 5.32 Å². The lowest BCUT2D eigenvalue weighted by Gasteiger charge is -2.26. The fourth-order valence-electron chi connectivity index (χ4n) is 2.06. The molecule has 1 fully saturated rings. The highest BCUT2D eigenvalue weighted by molar-refractivity contribution is 5.83. The Balaban J connectivity index is 1.96. The topological polar surface area (TPSA) is 49.3 Å². The molecule has 21 heavy (non-hydrogen) atoms. The van der Waals surface area contributed by atoms with Crippen molar-refractivity contribution in [2.24, 2.45) is 5.92 Å². The van der Waals surface area contributed by atoms with Crippen LogP contribution in [0.3, 0.4) is 0 Å². The predicted molar refractivity (Wildman–Crippen MR) is 67.0 cm³/mol. The smallest absolute Gasteiger partial charge is 0.379 e. The molecule has 0 aliphatic heterocycles. The van der Waals surface area contributed by atoms with Gasteiger partial charge in [-0.15, -0.1) is 0 Å². The number of aliphatic hydroxyl groups is 1. The monoisotopic (exact) mass is 305 g/mol. The minimum absolute atomic E-state index is 0.0724. The van der Waals surface area contributed by atoms with Gasteiger partial charge in [-0.25, -0.2) is 4.39 Å². The first-order valence-electron chi connectivity index (χ1n) is 6.39. The number of hydrogen-bond acceptors (Lipinski definition) is 2. The van der Waals surface area contributed by atoms with Crippen LogP contribution in [0, 0.1) is 5.92 Å². The summed E-state index contributed by atoms with van der Waals surface area (Å²) in [4.78, 5) is 11.7. The molecule has 1 aromatic rings. The summed E-state index contributed by atoms with van der Waals surface area (Å²) in [6, 6.07) is 8.00. The molecule has 1 aromatic carbocycles. The lowest BCUT2D eigenvalue weighted by molar-refractivity contribution is -0.250. The van der Waals surface area contributed by atoms with Gasteiger partial charge < -0.3 is 10.4 Å². The Morgan fingerprint density at radius 1 is 1.38 bits per heavy atom. The average Bonchev–Trinajstić information content (AvgIpc) is 3.10. The third kappa shape index (κ3) is 3.02. The van der Waals surface area contributed by atoms with Crippen LogP contribution in [0.2, 0.25) is 0 Å². The van der Waals surface area contributed by atoms with Crippen molar-refractivity contribution in [3.63, 3.8) is 0 Å². The highest BCUT2D eigenvalue weighted by atomic mass is 19.4. The van der Waals surface area contributed by atoms with Gasteiger partial charge in [0.1, 0.15) is 5.67 Å². The van der Waals surface area contributed by atoms with E-state index < -0.39 is 35.8 Å². The number of rotatable bonds is 4. The van der Waals surface area contributed by atoms with Gasteiger partial charge in [0.05, 0.1) is 12.5 Å². The maximum atomic E-state index is 14.5. The summed E-state index contributed by atoms with van der Waals surface area (Å²) in [7, 11) is 0. The summed E-state index contributed by atoms with van der Waals surface area (Å²) in [6.45, 7) is -0.448. The molecule has 0 aromatic heterocycles. The van der Waals surface area contributed by atoms with Gasteiger partial charge in [0.25, 0.3) is 0 Å². The first-order chi connectivity index (χ1) is 9.58. The predicted octanol–water partition coefficient (Wildman–Crippen LogP) is 2.30. The minimum atomic E-state index is -4.87. The highest BCUT2D eigenvalue weighted by Crippen LogP contribution is 2.55. The molecule has 1 aliphatic rings. The molecule has 3 atom stereocenters. The summed E-state index contributed by atoms with van der Waals surface area (Å²) in [6.07, 6.45) is -4.94. The molecule has 1 amide bonds. The largest absolute Gasteiger partial charge is 0.418 e. The zero-order valence-corrected chi connectivity index (χ0v) is 11.2. The van der Waals surface area contributed by atoms with Crippen molar-refractivity contribution >= 4 is 5.91 Å². The van der Waals surface area contributed by atoms with Gasteiger partial charge in [-0.1, -0.05) is 30.3 Å². The van der Waals surface area contributed by atoms with E-state index in [0.717, 1.165) is 0 Å². The molecule has 0 saturated heterocycles. The van der Waals surface area contributed by atoms with Crippen LogP contribution in [-0.2, 0) is 10.5 Å². The minimum Gasteiger partial charge on any atom is -0.379 e. The Bertz CT molecular complexity index is 530. The molecule has 0 unspecified atom stereocenters. The van der Waals surface area contributed by atoms with Gasteiger partial charge >= 0.3 is 6.18 Å². The number of alkyl halides is 4. The number of halogens is 4. The van der Waals surface area contributed by atoms with Crippen molar-refractivity contribution in [3.05, 3.63) is 35.9 Å². The van der Waals surface area contributed by atoms with E-state index in [4.69, 9.17) is 0 Å². The van der Waals surface area contributed by atoms with E-state index in [-0.39, 0.29) is 6.42 Å². The van der Waals surface area contributed by atoms with E-state index in [2.05, 4.69) is 0 Å². The van der Waals surface area contributed by atoms with E-state index in [1.165, 1.54) is 12.1 Å². The van der Waals surface area contributed by atoms with Crippen LogP contribution in [0.15, 0.2) is 30.3 Å². The molecule has 7 heteroatoms. The second-order valence-corrected chi connectivity index (χ2v) is 5.47. The first kappa shape index (κ1) is 15.8. The second-order valence-electron chi connectivity index (χ2n) is 5.47. The number of carbonyl (C=O) groups excluding carboxylic acids is 1. The molecule has 2 N–H and O–H groups in total. The van der Waals surface area contributed by atoms with Crippen molar-refractivity contribution in [1.29, 1.82) is 0 Å². The highest BCUT2D eigenvalue weighted by Gasteiger charge is 2.61. The van der Waals surface area contributed by atoms with Gasteiger partial charge in [0, 0.05) is 6.42 Å². The number of benzene rings is 1. The third-order valence-corrected chi connectivity index (χ3v) is 3.68. The maximum absolute atomic E-state index is 14.5. The summed E-state index contributed by atoms with van der Waals surface area (Å²) in [5.74, 6) is -1.85. The first-order valence-corrected chi connectivity index (χ1v) is 6.39. The van der Waals surface area contributed by atoms with Crippen LogP contribution in [-0.4, -0.2) is 29.3 Å². The average molecular weight is 305 g/mol. The standard InChI is InChI=1S/C14H15F4NO2/c1-12(21,14(16,17)18)8-19-11(20)10-7-13(10,15)9-5-3-2-4-6-9/h2-6,10,21H,7-8H2,1H3,(H,19,20)/t10-,12+,13-/m1/s1. The van der Waals surface area contributed by atoms with Crippen LogP contribution < -0.4 is 5.32 Å². The third-order valence-electron chi connectivity index (χ3n) is 3.68.